The number of nitrogens with zero attached hydrogens (tertiary/aromatic N) is 1. The largest absolute Gasteiger partial charge is 0.493 e. The highest BCUT2D eigenvalue weighted by Gasteiger charge is 2.52. The van der Waals surface area contributed by atoms with Crippen molar-refractivity contribution in [3.05, 3.63) is 34.9 Å². The van der Waals surface area contributed by atoms with Crippen LogP contribution in [0, 0.1) is 0 Å². The molecule has 4 atom stereocenters. The van der Waals surface area contributed by atoms with E-state index in [9.17, 15) is 24.9 Å². The molecule has 0 unspecified atom stereocenters. The van der Waals surface area contributed by atoms with Crippen LogP contribution in [0.5, 0.6) is 11.5 Å². The Balaban J connectivity index is 1.58. The summed E-state index contributed by atoms with van der Waals surface area (Å²) in [4.78, 5) is 29.5. The highest BCUT2D eigenvalue weighted by Crippen LogP contribution is 2.51. The molecule has 9 nitrogen and oxygen atoms in total. The molecular formula is C35H54N2O7. The van der Waals surface area contributed by atoms with Crippen LogP contribution in [0.25, 0.3) is 0 Å². The number of rotatable bonds is 17. The predicted octanol–water partition coefficient (Wildman–Crippen LogP) is 4.89. The molecule has 0 aromatic heterocycles. The van der Waals surface area contributed by atoms with Gasteiger partial charge in [-0.2, -0.15) is 0 Å². The molecule has 246 valence electrons. The van der Waals surface area contributed by atoms with Crippen molar-refractivity contribution in [3.63, 3.8) is 0 Å². The average Bonchev–Trinajstić information content (AvgIpc) is 3.44. The zero-order valence-electron chi connectivity index (χ0n) is 26.8. The van der Waals surface area contributed by atoms with Crippen molar-refractivity contribution >= 4 is 11.8 Å². The van der Waals surface area contributed by atoms with Crippen molar-refractivity contribution in [2.24, 2.45) is 0 Å². The second-order valence-corrected chi connectivity index (χ2v) is 12.7. The summed E-state index contributed by atoms with van der Waals surface area (Å²) < 4.78 is 11.9. The molecule has 0 radical (unpaired) electrons. The van der Waals surface area contributed by atoms with E-state index in [-0.39, 0.29) is 37.6 Å². The van der Waals surface area contributed by atoms with Gasteiger partial charge in [0.05, 0.1) is 32.3 Å². The van der Waals surface area contributed by atoms with E-state index in [2.05, 4.69) is 12.2 Å². The highest BCUT2D eigenvalue weighted by atomic mass is 16.5. The molecule has 44 heavy (non-hydrogen) atoms. The smallest absolute Gasteiger partial charge is 0.247 e. The first kappa shape index (κ1) is 34.3. The monoisotopic (exact) mass is 614 g/mol. The minimum atomic E-state index is -1.07. The normalized spacial score (nSPS) is 22.9. The van der Waals surface area contributed by atoms with Gasteiger partial charge in [-0.3, -0.25) is 9.59 Å². The minimum Gasteiger partial charge on any atom is -0.493 e. The molecule has 0 saturated heterocycles. The molecule has 1 heterocycles. The van der Waals surface area contributed by atoms with Crippen molar-refractivity contribution in [1.82, 2.24) is 10.2 Å². The standard InChI is InChI=1S/C35H54N2O7/c1-3-4-5-6-7-8-9-10-14-17-30(40)37(25-15-12-11-13-16-25)28-22-27(35(42)36-18-19-38)31-26-20-24(23-39)21-29(43-2)33(26)44-34(31)32(28)41/h20-22,25,28,31-32,34,38-39,41H,3-19,23H2,1-2H3,(H,36,42)/t28-,31+,32+,34+/m1/s1. The molecule has 1 fully saturated rings. The lowest BCUT2D eigenvalue weighted by Crippen LogP contribution is -2.58. The number of amides is 2. The van der Waals surface area contributed by atoms with Crippen LogP contribution < -0.4 is 14.8 Å². The van der Waals surface area contributed by atoms with Crippen molar-refractivity contribution in [3.8, 4) is 11.5 Å². The summed E-state index contributed by atoms with van der Waals surface area (Å²) >= 11 is 0. The van der Waals surface area contributed by atoms with E-state index in [1.54, 1.807) is 18.2 Å². The highest BCUT2D eigenvalue weighted by molar-refractivity contribution is 5.96. The summed E-state index contributed by atoms with van der Waals surface area (Å²) in [5.41, 5.74) is 1.66. The summed E-state index contributed by atoms with van der Waals surface area (Å²) in [6.07, 6.45) is 15.7. The maximum absolute atomic E-state index is 14.0. The summed E-state index contributed by atoms with van der Waals surface area (Å²) in [7, 11) is 1.52. The quantitative estimate of drug-likeness (QED) is 0.184. The predicted molar refractivity (Wildman–Crippen MR) is 170 cm³/mol. The molecular weight excluding hydrogens is 560 g/mol. The second-order valence-electron chi connectivity index (χ2n) is 12.7. The third kappa shape index (κ3) is 8.15. The molecule has 1 saturated carbocycles. The second kappa shape index (κ2) is 17.2. The van der Waals surface area contributed by atoms with Crippen LogP contribution in [0.15, 0.2) is 23.8 Å². The van der Waals surface area contributed by atoms with Crippen LogP contribution in [0.4, 0.5) is 0 Å². The van der Waals surface area contributed by atoms with Crippen molar-refractivity contribution in [2.45, 2.75) is 140 Å². The van der Waals surface area contributed by atoms with Crippen molar-refractivity contribution in [1.29, 1.82) is 0 Å². The van der Waals surface area contributed by atoms with E-state index in [0.717, 1.165) is 51.4 Å². The lowest BCUT2D eigenvalue weighted by atomic mass is 9.76. The van der Waals surface area contributed by atoms with Gasteiger partial charge in [-0.15, -0.1) is 0 Å². The zero-order valence-corrected chi connectivity index (χ0v) is 26.8. The number of aliphatic hydroxyl groups is 3. The number of methoxy groups -OCH3 is 1. The van der Waals surface area contributed by atoms with Gasteiger partial charge < -0.3 is 35.0 Å². The SMILES string of the molecule is CCCCCCCCCCCC(=O)N(C1CCCCC1)[C@@H]1C=C(C(=O)NCCO)[C@@H]2c3cc(CO)cc(OC)c3O[C@@H]2[C@H]1O. The van der Waals surface area contributed by atoms with Crippen LogP contribution in [0.1, 0.15) is 120 Å². The first-order chi connectivity index (χ1) is 21.4. The molecule has 0 spiro atoms. The topological polar surface area (TPSA) is 129 Å². The number of aliphatic hydroxyl groups excluding tert-OH is 3. The van der Waals surface area contributed by atoms with Crippen LogP contribution >= 0.6 is 0 Å². The van der Waals surface area contributed by atoms with Gasteiger partial charge in [0.25, 0.3) is 0 Å². The minimum absolute atomic E-state index is 0.0108. The fourth-order valence-electron chi connectivity index (χ4n) is 7.28. The lowest BCUT2D eigenvalue weighted by molar-refractivity contribution is -0.141. The molecule has 0 bridgehead atoms. The van der Waals surface area contributed by atoms with Crippen LogP contribution in [0.2, 0.25) is 0 Å². The summed E-state index contributed by atoms with van der Waals surface area (Å²) in [6, 6.07) is 2.75. The van der Waals surface area contributed by atoms with Crippen molar-refractivity contribution in [2.75, 3.05) is 20.3 Å². The first-order valence-corrected chi connectivity index (χ1v) is 17.0. The van der Waals surface area contributed by atoms with E-state index in [0.29, 0.717) is 34.6 Å². The number of fused-ring (bicyclic) bond motifs is 3. The van der Waals surface area contributed by atoms with Crippen LogP contribution in [-0.4, -0.2) is 76.6 Å². The summed E-state index contributed by atoms with van der Waals surface area (Å²) in [5.74, 6) is -0.109. The number of carbonyl (C=O) groups is 2. The molecule has 2 aliphatic carbocycles. The molecule has 2 amide bonds. The number of hydrogen-bond acceptors (Lipinski definition) is 7. The first-order valence-electron chi connectivity index (χ1n) is 17.0. The number of carbonyl (C=O) groups excluding carboxylic acids is 2. The third-order valence-electron chi connectivity index (χ3n) is 9.57. The fourth-order valence-corrected chi connectivity index (χ4v) is 7.28. The Kier molecular flexibility index (Phi) is 13.4. The number of ether oxygens (including phenoxy) is 2. The number of hydrogen-bond donors (Lipinski definition) is 4. The maximum atomic E-state index is 14.0. The Labute approximate surface area is 263 Å². The zero-order chi connectivity index (χ0) is 31.5. The molecule has 4 rings (SSSR count). The summed E-state index contributed by atoms with van der Waals surface area (Å²) in [6.45, 7) is 1.88. The van der Waals surface area contributed by atoms with E-state index in [1.165, 1.54) is 45.6 Å². The van der Waals surface area contributed by atoms with Gasteiger partial charge in [0, 0.05) is 30.1 Å². The number of nitrogens with one attached hydrogen (secondary N) is 1. The van der Waals surface area contributed by atoms with Gasteiger partial charge in [-0.1, -0.05) is 77.6 Å². The molecule has 1 aromatic rings. The Morgan fingerprint density at radius 2 is 1.68 bits per heavy atom. The average molecular weight is 615 g/mol. The Morgan fingerprint density at radius 1 is 1.00 bits per heavy atom. The van der Waals surface area contributed by atoms with Gasteiger partial charge >= 0.3 is 0 Å². The van der Waals surface area contributed by atoms with Gasteiger partial charge in [-0.05, 0) is 43.0 Å². The van der Waals surface area contributed by atoms with Crippen LogP contribution in [0.3, 0.4) is 0 Å². The Hall–Kier alpha value is -2.62. The summed E-state index contributed by atoms with van der Waals surface area (Å²) in [5, 5.41) is 34.0. The van der Waals surface area contributed by atoms with Gasteiger partial charge in [0.1, 0.15) is 12.2 Å². The third-order valence-corrected chi connectivity index (χ3v) is 9.57. The number of unbranched alkanes of at least 4 members (excludes halogenated alkanes) is 8. The maximum Gasteiger partial charge on any atom is 0.247 e. The molecule has 1 aliphatic heterocycles. The number of benzene rings is 1. The van der Waals surface area contributed by atoms with Crippen LogP contribution in [-0.2, 0) is 16.2 Å². The van der Waals surface area contributed by atoms with Gasteiger partial charge in [0.15, 0.2) is 11.5 Å². The van der Waals surface area contributed by atoms with Crippen molar-refractivity contribution < 1.29 is 34.4 Å². The van der Waals surface area contributed by atoms with E-state index < -0.39 is 24.2 Å². The fraction of sp³-hybridized carbons (Fsp3) is 0.714. The van der Waals surface area contributed by atoms with Gasteiger partial charge in [-0.25, -0.2) is 0 Å². The Bertz CT molecular complexity index is 1120. The lowest BCUT2D eigenvalue weighted by Gasteiger charge is -2.45. The van der Waals surface area contributed by atoms with E-state index >= 15 is 0 Å². The Morgan fingerprint density at radius 3 is 2.32 bits per heavy atom. The molecule has 1 aromatic carbocycles. The molecule has 3 aliphatic rings. The van der Waals surface area contributed by atoms with E-state index in [4.69, 9.17) is 9.47 Å². The van der Waals surface area contributed by atoms with E-state index in [1.807, 2.05) is 4.90 Å². The molecule has 9 heteroatoms. The van der Waals surface area contributed by atoms with Gasteiger partial charge in [0.2, 0.25) is 11.8 Å². The molecule has 4 N–H and O–H groups in total.